The lowest BCUT2D eigenvalue weighted by Crippen LogP contribution is -2.27. The van der Waals surface area contributed by atoms with Crippen molar-refractivity contribution in [2.45, 2.75) is 26.3 Å². The number of benzene rings is 1. The fraction of sp³-hybridized carbons (Fsp3) is 0.467. The van der Waals surface area contributed by atoms with Gasteiger partial charge in [-0.3, -0.25) is 0 Å². The van der Waals surface area contributed by atoms with E-state index in [2.05, 4.69) is 23.7 Å². The standard InChI is InChI=1S/C15H23FN2/c1-5-10-18(11-6-2)14-9-7-8-13(16)15(14)12(3)17-4/h5,7-9,12,17H,1,6,10-11H2,2-4H3. The van der Waals surface area contributed by atoms with Gasteiger partial charge in [-0.2, -0.15) is 0 Å². The van der Waals surface area contributed by atoms with Crippen molar-refractivity contribution in [3.8, 4) is 0 Å². The molecule has 0 bridgehead atoms. The van der Waals surface area contributed by atoms with E-state index < -0.39 is 0 Å². The normalized spacial score (nSPS) is 12.2. The molecule has 1 N–H and O–H groups in total. The number of halogens is 1. The molecule has 1 aromatic rings. The van der Waals surface area contributed by atoms with Crippen molar-refractivity contribution in [2.75, 3.05) is 25.0 Å². The predicted molar refractivity (Wildman–Crippen MR) is 76.6 cm³/mol. The topological polar surface area (TPSA) is 15.3 Å². The Hall–Kier alpha value is -1.35. The van der Waals surface area contributed by atoms with E-state index in [1.54, 1.807) is 6.07 Å². The molecule has 0 radical (unpaired) electrons. The Kier molecular flexibility index (Phi) is 5.86. The fourth-order valence-corrected chi connectivity index (χ4v) is 2.11. The Balaban J connectivity index is 3.19. The molecule has 0 aliphatic carbocycles. The maximum Gasteiger partial charge on any atom is 0.130 e. The van der Waals surface area contributed by atoms with Crippen LogP contribution >= 0.6 is 0 Å². The highest BCUT2D eigenvalue weighted by molar-refractivity contribution is 5.56. The number of rotatable bonds is 7. The smallest absolute Gasteiger partial charge is 0.130 e. The highest BCUT2D eigenvalue weighted by Gasteiger charge is 2.17. The molecule has 0 fully saturated rings. The van der Waals surface area contributed by atoms with Gasteiger partial charge in [-0.05, 0) is 32.5 Å². The van der Waals surface area contributed by atoms with Gasteiger partial charge in [0.15, 0.2) is 0 Å². The van der Waals surface area contributed by atoms with E-state index in [1.165, 1.54) is 6.07 Å². The van der Waals surface area contributed by atoms with Crippen molar-refractivity contribution in [3.63, 3.8) is 0 Å². The molecule has 2 nitrogen and oxygen atoms in total. The average molecular weight is 250 g/mol. The molecular weight excluding hydrogens is 227 g/mol. The van der Waals surface area contributed by atoms with Crippen molar-refractivity contribution in [1.82, 2.24) is 5.32 Å². The van der Waals surface area contributed by atoms with Gasteiger partial charge in [0.25, 0.3) is 0 Å². The lowest BCUT2D eigenvalue weighted by molar-refractivity contribution is 0.560. The fourth-order valence-electron chi connectivity index (χ4n) is 2.11. The van der Waals surface area contributed by atoms with Crippen LogP contribution in [0.25, 0.3) is 0 Å². The molecular formula is C15H23FN2. The Bertz CT molecular complexity index is 390. The first-order valence-electron chi connectivity index (χ1n) is 6.47. The van der Waals surface area contributed by atoms with E-state index in [0.717, 1.165) is 30.8 Å². The summed E-state index contributed by atoms with van der Waals surface area (Å²) in [5.74, 6) is -0.153. The summed E-state index contributed by atoms with van der Waals surface area (Å²) >= 11 is 0. The van der Waals surface area contributed by atoms with Crippen LogP contribution in [0.15, 0.2) is 30.9 Å². The van der Waals surface area contributed by atoms with Gasteiger partial charge in [-0.15, -0.1) is 6.58 Å². The molecule has 0 saturated carbocycles. The Labute approximate surface area is 110 Å². The van der Waals surface area contributed by atoms with Crippen LogP contribution in [0, 0.1) is 5.82 Å². The molecule has 1 rings (SSSR count). The molecule has 1 aromatic carbocycles. The number of hydrogen-bond acceptors (Lipinski definition) is 2. The zero-order chi connectivity index (χ0) is 13.5. The summed E-state index contributed by atoms with van der Waals surface area (Å²) < 4.78 is 14.0. The molecule has 1 unspecified atom stereocenters. The van der Waals surface area contributed by atoms with E-state index in [9.17, 15) is 4.39 Å². The summed E-state index contributed by atoms with van der Waals surface area (Å²) in [7, 11) is 1.85. The molecule has 0 amide bonds. The lowest BCUT2D eigenvalue weighted by atomic mass is 10.0. The Morgan fingerprint density at radius 1 is 1.50 bits per heavy atom. The van der Waals surface area contributed by atoms with Gasteiger partial charge in [0, 0.05) is 30.4 Å². The quantitative estimate of drug-likeness (QED) is 0.745. The number of nitrogens with zero attached hydrogens (tertiary/aromatic N) is 1. The molecule has 3 heteroatoms. The van der Waals surface area contributed by atoms with Gasteiger partial charge in [0.05, 0.1) is 0 Å². The molecule has 0 spiro atoms. The second-order valence-corrected chi connectivity index (χ2v) is 4.42. The summed E-state index contributed by atoms with van der Waals surface area (Å²) in [6, 6.07) is 5.25. The number of hydrogen-bond donors (Lipinski definition) is 1. The molecule has 18 heavy (non-hydrogen) atoms. The predicted octanol–water partition coefficient (Wildman–Crippen LogP) is 3.51. The molecule has 0 aliphatic heterocycles. The van der Waals surface area contributed by atoms with Gasteiger partial charge in [0.2, 0.25) is 0 Å². The highest BCUT2D eigenvalue weighted by Crippen LogP contribution is 2.29. The molecule has 0 heterocycles. The molecule has 1 atom stereocenters. The number of anilines is 1. The van der Waals surface area contributed by atoms with Crippen LogP contribution in [-0.2, 0) is 0 Å². The second-order valence-electron chi connectivity index (χ2n) is 4.42. The van der Waals surface area contributed by atoms with Crippen LogP contribution in [0.2, 0.25) is 0 Å². The third-order valence-electron chi connectivity index (χ3n) is 3.08. The van der Waals surface area contributed by atoms with Crippen LogP contribution in [0.5, 0.6) is 0 Å². The van der Waals surface area contributed by atoms with E-state index in [-0.39, 0.29) is 11.9 Å². The van der Waals surface area contributed by atoms with Gasteiger partial charge in [-0.25, -0.2) is 4.39 Å². The zero-order valence-corrected chi connectivity index (χ0v) is 11.5. The zero-order valence-electron chi connectivity index (χ0n) is 11.5. The summed E-state index contributed by atoms with van der Waals surface area (Å²) in [6.45, 7) is 9.51. The van der Waals surface area contributed by atoms with E-state index in [1.807, 2.05) is 26.1 Å². The molecule has 0 aliphatic rings. The lowest BCUT2D eigenvalue weighted by Gasteiger charge is -2.27. The van der Waals surface area contributed by atoms with Crippen LogP contribution in [0.1, 0.15) is 31.9 Å². The third kappa shape index (κ3) is 3.33. The monoisotopic (exact) mass is 250 g/mol. The Morgan fingerprint density at radius 3 is 2.78 bits per heavy atom. The molecule has 0 saturated heterocycles. The summed E-state index contributed by atoms with van der Waals surface area (Å²) in [4.78, 5) is 2.17. The summed E-state index contributed by atoms with van der Waals surface area (Å²) in [5, 5.41) is 3.11. The van der Waals surface area contributed by atoms with Crippen LogP contribution < -0.4 is 10.2 Å². The van der Waals surface area contributed by atoms with Crippen molar-refractivity contribution in [2.24, 2.45) is 0 Å². The minimum atomic E-state index is -0.153. The molecule has 0 aromatic heterocycles. The average Bonchev–Trinajstić information content (AvgIpc) is 2.37. The third-order valence-corrected chi connectivity index (χ3v) is 3.08. The first kappa shape index (κ1) is 14.7. The first-order valence-corrected chi connectivity index (χ1v) is 6.47. The summed E-state index contributed by atoms with van der Waals surface area (Å²) in [6.07, 6.45) is 2.88. The van der Waals surface area contributed by atoms with Crippen molar-refractivity contribution >= 4 is 5.69 Å². The van der Waals surface area contributed by atoms with E-state index >= 15 is 0 Å². The Morgan fingerprint density at radius 2 is 2.22 bits per heavy atom. The van der Waals surface area contributed by atoms with Crippen molar-refractivity contribution in [1.29, 1.82) is 0 Å². The second kappa shape index (κ2) is 7.17. The van der Waals surface area contributed by atoms with Gasteiger partial charge >= 0.3 is 0 Å². The van der Waals surface area contributed by atoms with Gasteiger partial charge in [-0.1, -0.05) is 19.1 Å². The largest absolute Gasteiger partial charge is 0.367 e. The SMILES string of the molecule is C=CCN(CCC)c1cccc(F)c1C(C)NC. The van der Waals surface area contributed by atoms with Crippen molar-refractivity contribution in [3.05, 3.63) is 42.2 Å². The maximum atomic E-state index is 14.0. The van der Waals surface area contributed by atoms with Crippen LogP contribution in [-0.4, -0.2) is 20.1 Å². The van der Waals surface area contributed by atoms with E-state index in [0.29, 0.717) is 0 Å². The van der Waals surface area contributed by atoms with Crippen LogP contribution in [0.4, 0.5) is 10.1 Å². The maximum absolute atomic E-state index is 14.0. The van der Waals surface area contributed by atoms with E-state index in [4.69, 9.17) is 0 Å². The first-order chi connectivity index (χ1) is 8.65. The number of nitrogens with one attached hydrogen (secondary N) is 1. The minimum absolute atomic E-state index is 0.00892. The molecule has 100 valence electrons. The van der Waals surface area contributed by atoms with Crippen molar-refractivity contribution < 1.29 is 4.39 Å². The van der Waals surface area contributed by atoms with Gasteiger partial charge in [0.1, 0.15) is 5.82 Å². The minimum Gasteiger partial charge on any atom is -0.367 e. The van der Waals surface area contributed by atoms with Crippen LogP contribution in [0.3, 0.4) is 0 Å². The highest BCUT2D eigenvalue weighted by atomic mass is 19.1. The van der Waals surface area contributed by atoms with Gasteiger partial charge < -0.3 is 10.2 Å². The summed E-state index contributed by atoms with van der Waals surface area (Å²) in [5.41, 5.74) is 1.69.